The number of rotatable bonds is 9. The van der Waals surface area contributed by atoms with Gasteiger partial charge < -0.3 is 18.1 Å². The minimum atomic E-state index is -4.23. The first-order valence-corrected chi connectivity index (χ1v) is 6.79. The maximum absolute atomic E-state index is 10.3. The van der Waals surface area contributed by atoms with E-state index in [1.165, 1.54) is 25.7 Å². The fraction of sp³-hybridized carbons (Fsp3) is 1.00. The molecule has 0 rings (SSSR count). The van der Waals surface area contributed by atoms with Gasteiger partial charge in [0.05, 0.1) is 6.61 Å². The Bertz CT molecular complexity index is 182. The topological polar surface area (TPSA) is 98.3 Å². The molecule has 0 atom stereocenters. The second kappa shape index (κ2) is 14.4. The number of unbranched alkanes of at least 4 members (excludes halogenated alkanes) is 6. The molecule has 0 spiro atoms. The first-order chi connectivity index (χ1) is 6.56. The maximum Gasteiger partial charge on any atom is 2.00 e. The van der Waals surface area contributed by atoms with Crippen LogP contribution >= 0.6 is 7.82 Å². The van der Waals surface area contributed by atoms with Gasteiger partial charge in [-0.15, -0.1) is 0 Å². The molecule has 0 saturated carbocycles. The summed E-state index contributed by atoms with van der Waals surface area (Å²) in [6, 6.07) is 0. The average Bonchev–Trinajstić information content (AvgIpc) is 2.08. The van der Waals surface area contributed by atoms with Crippen LogP contribution in [0.5, 0.6) is 0 Å². The van der Waals surface area contributed by atoms with Gasteiger partial charge in [-0.25, -0.2) is 4.57 Å². The molecule has 0 aliphatic rings. The number of hydrogen-bond acceptors (Lipinski definition) is 2. The molecule has 0 aliphatic carbocycles. The summed E-state index contributed by atoms with van der Waals surface area (Å²) in [6.45, 7) is 2.34. The molecule has 0 aromatic rings. The molecule has 5 nitrogen and oxygen atoms in total. The van der Waals surface area contributed by atoms with E-state index < -0.39 is 7.82 Å². The Balaban J connectivity index is -0.000000141. The first kappa shape index (κ1) is 22.5. The summed E-state index contributed by atoms with van der Waals surface area (Å²) in [7, 11) is -4.23. The Morgan fingerprint density at radius 3 is 1.94 bits per heavy atom. The third-order valence-corrected chi connectivity index (χ3v) is 2.53. The Labute approximate surface area is 130 Å². The molecule has 0 radical (unpaired) electrons. The van der Waals surface area contributed by atoms with Gasteiger partial charge >= 0.3 is 45.6 Å². The summed E-state index contributed by atoms with van der Waals surface area (Å²) in [4.78, 5) is 16.8. The van der Waals surface area contributed by atoms with Crippen molar-refractivity contribution in [2.45, 2.75) is 51.9 Å². The summed E-state index contributed by atoms with van der Waals surface area (Å²) in [5.74, 6) is 0. The van der Waals surface area contributed by atoms with Crippen LogP contribution in [-0.4, -0.2) is 59.6 Å². The van der Waals surface area contributed by atoms with E-state index in [1.807, 2.05) is 0 Å². The van der Waals surface area contributed by atoms with E-state index in [-0.39, 0.29) is 52.7 Å². The van der Waals surface area contributed by atoms with Crippen molar-refractivity contribution in [3.05, 3.63) is 0 Å². The van der Waals surface area contributed by atoms with Crippen LogP contribution in [0.3, 0.4) is 0 Å². The van der Waals surface area contributed by atoms with Crippen LogP contribution in [0, 0.1) is 0 Å². The second-order valence-electron chi connectivity index (χ2n) is 3.45. The minimum Gasteiger partial charge on any atom is -1.00 e. The molecule has 0 bridgehead atoms. The van der Waals surface area contributed by atoms with E-state index in [1.54, 1.807) is 0 Å². The standard InChI is InChI=1S/C9H21O4P.Ca.H2O.2H/c1-2-3-4-5-6-7-8-9-13-14(10,11)12;;;;/h2-9H2,1H3,(H2,10,11,12);;1H2;;/q;+2;;2*-1. The van der Waals surface area contributed by atoms with Crippen molar-refractivity contribution in [2.75, 3.05) is 6.61 Å². The fourth-order valence-electron chi connectivity index (χ4n) is 1.24. The first-order valence-electron chi connectivity index (χ1n) is 5.26. The van der Waals surface area contributed by atoms with Gasteiger partial charge in [-0.1, -0.05) is 45.4 Å². The van der Waals surface area contributed by atoms with Gasteiger partial charge in [0.15, 0.2) is 0 Å². The van der Waals surface area contributed by atoms with Crippen LogP contribution in [-0.2, 0) is 9.09 Å². The molecule has 0 aliphatic heterocycles. The summed E-state index contributed by atoms with van der Waals surface area (Å²) in [6.07, 6.45) is 7.84. The average molecular weight is 284 g/mol. The zero-order valence-corrected chi connectivity index (χ0v) is 13.1. The number of hydrogen-bond donors (Lipinski definition) is 2. The molecule has 98 valence electrons. The van der Waals surface area contributed by atoms with E-state index in [2.05, 4.69) is 11.4 Å². The molecule has 16 heavy (non-hydrogen) atoms. The molecular weight excluding hydrogens is 259 g/mol. The Hall–Kier alpha value is 1.33. The van der Waals surface area contributed by atoms with Gasteiger partial charge in [-0.3, -0.25) is 4.52 Å². The van der Waals surface area contributed by atoms with Crippen molar-refractivity contribution in [3.63, 3.8) is 0 Å². The Kier molecular flexibility index (Phi) is 20.2. The van der Waals surface area contributed by atoms with Gasteiger partial charge in [0.1, 0.15) is 0 Å². The molecule has 0 unspecified atom stereocenters. The molecule has 0 aromatic heterocycles. The molecule has 0 heterocycles. The normalized spacial score (nSPS) is 10.4. The van der Waals surface area contributed by atoms with Gasteiger partial charge in [-0.2, -0.15) is 0 Å². The van der Waals surface area contributed by atoms with Crippen LogP contribution in [0.2, 0.25) is 0 Å². The van der Waals surface area contributed by atoms with Gasteiger partial charge in [0.2, 0.25) is 0 Å². The molecule has 0 saturated heterocycles. The van der Waals surface area contributed by atoms with E-state index in [9.17, 15) is 4.57 Å². The monoisotopic (exact) mass is 284 g/mol. The number of phosphoric ester groups is 1. The molecule has 0 aromatic carbocycles. The van der Waals surface area contributed by atoms with Crippen molar-refractivity contribution in [1.29, 1.82) is 0 Å². The van der Waals surface area contributed by atoms with Crippen molar-refractivity contribution in [1.82, 2.24) is 0 Å². The third kappa shape index (κ3) is 20.7. The zero-order valence-electron chi connectivity index (χ0n) is 12.0. The second-order valence-corrected chi connectivity index (χ2v) is 4.68. The fourth-order valence-corrected chi connectivity index (χ4v) is 1.61. The van der Waals surface area contributed by atoms with Gasteiger partial charge in [0, 0.05) is 0 Å². The van der Waals surface area contributed by atoms with Crippen LogP contribution in [0.4, 0.5) is 0 Å². The smallest absolute Gasteiger partial charge is 1.00 e. The molecule has 0 amide bonds. The Morgan fingerprint density at radius 1 is 1.06 bits per heavy atom. The van der Waals surface area contributed by atoms with Crippen molar-refractivity contribution in [3.8, 4) is 0 Å². The zero-order chi connectivity index (χ0) is 10.9. The summed E-state index contributed by atoms with van der Waals surface area (Å²) >= 11 is 0. The van der Waals surface area contributed by atoms with Crippen LogP contribution < -0.4 is 0 Å². The van der Waals surface area contributed by atoms with E-state index >= 15 is 0 Å². The van der Waals surface area contributed by atoms with Crippen LogP contribution in [0.25, 0.3) is 0 Å². The number of phosphoric acid groups is 1. The molecule has 0 fully saturated rings. The SMILES string of the molecule is CCCCCCCCCOP(=O)(O)O.O.[Ca+2].[H-].[H-]. The maximum atomic E-state index is 10.3. The summed E-state index contributed by atoms with van der Waals surface area (Å²) in [5.41, 5.74) is 0. The van der Waals surface area contributed by atoms with E-state index in [0.717, 1.165) is 19.3 Å². The van der Waals surface area contributed by atoms with Crippen molar-refractivity contribution < 1.29 is 27.2 Å². The minimum absolute atomic E-state index is 0. The molecular formula is C9H25CaO5P. The van der Waals surface area contributed by atoms with E-state index in [0.29, 0.717) is 0 Å². The van der Waals surface area contributed by atoms with Gasteiger partial charge in [-0.05, 0) is 6.42 Å². The van der Waals surface area contributed by atoms with Gasteiger partial charge in [0.25, 0.3) is 0 Å². The largest absolute Gasteiger partial charge is 2.00 e. The Morgan fingerprint density at radius 2 is 1.50 bits per heavy atom. The predicted molar refractivity (Wildman–Crippen MR) is 67.6 cm³/mol. The third-order valence-electron chi connectivity index (χ3n) is 2.01. The quantitative estimate of drug-likeness (QED) is 0.383. The van der Waals surface area contributed by atoms with Crippen molar-refractivity contribution in [2.24, 2.45) is 0 Å². The predicted octanol–water partition coefficient (Wildman–Crippen LogP) is 1.87. The summed E-state index contributed by atoms with van der Waals surface area (Å²) in [5, 5.41) is 0. The van der Waals surface area contributed by atoms with Crippen molar-refractivity contribution >= 4 is 45.6 Å². The van der Waals surface area contributed by atoms with Crippen LogP contribution in [0.1, 0.15) is 54.7 Å². The molecule has 4 N–H and O–H groups in total. The van der Waals surface area contributed by atoms with E-state index in [4.69, 9.17) is 9.79 Å². The van der Waals surface area contributed by atoms with Crippen LogP contribution in [0.15, 0.2) is 0 Å². The summed E-state index contributed by atoms with van der Waals surface area (Å²) < 4.78 is 14.6. The molecule has 7 heteroatoms.